The van der Waals surface area contributed by atoms with Gasteiger partial charge in [-0.1, -0.05) is 13.0 Å². The number of nitrogens with one attached hydrogen (secondary N) is 1. The highest BCUT2D eigenvalue weighted by atomic mass is 16.6. The Kier molecular flexibility index (Phi) is 6.20. The summed E-state index contributed by atoms with van der Waals surface area (Å²) in [6.07, 6.45) is 0.921. The van der Waals surface area contributed by atoms with Gasteiger partial charge in [0.25, 0.3) is 0 Å². The molecule has 0 aliphatic rings. The molecular weight excluding hydrogens is 258 g/mol. The van der Waals surface area contributed by atoms with Gasteiger partial charge in [-0.15, -0.1) is 0 Å². The number of anilines is 2. The maximum absolute atomic E-state index is 11.3. The van der Waals surface area contributed by atoms with E-state index in [-0.39, 0.29) is 10.6 Å². The third kappa shape index (κ3) is 4.07. The molecule has 0 aliphatic heterocycles. The summed E-state index contributed by atoms with van der Waals surface area (Å²) >= 11 is 0. The molecule has 7 nitrogen and oxygen atoms in total. The van der Waals surface area contributed by atoms with Gasteiger partial charge < -0.3 is 15.2 Å². The highest BCUT2D eigenvalue weighted by molar-refractivity contribution is 5.76. The monoisotopic (exact) mass is 281 g/mol. The lowest BCUT2D eigenvalue weighted by atomic mass is 10.2. The van der Waals surface area contributed by atoms with Crippen LogP contribution in [0.4, 0.5) is 17.1 Å². The van der Waals surface area contributed by atoms with Crippen molar-refractivity contribution >= 4 is 17.1 Å². The molecule has 0 heterocycles. The molecule has 112 valence electrons. The SMILES string of the molecule is CCCN(CCN(C)C)c1cccc(NN)c1[N+](=O)[O-]. The van der Waals surface area contributed by atoms with Crippen molar-refractivity contribution in [1.82, 2.24) is 4.90 Å². The van der Waals surface area contributed by atoms with Crippen molar-refractivity contribution in [1.29, 1.82) is 0 Å². The highest BCUT2D eigenvalue weighted by Gasteiger charge is 2.23. The Morgan fingerprint density at radius 1 is 1.30 bits per heavy atom. The average Bonchev–Trinajstić information content (AvgIpc) is 2.42. The molecule has 1 rings (SSSR count). The number of hydrogen-bond acceptors (Lipinski definition) is 6. The van der Waals surface area contributed by atoms with Gasteiger partial charge in [-0.05, 0) is 32.6 Å². The molecule has 7 heteroatoms. The van der Waals surface area contributed by atoms with E-state index in [0.29, 0.717) is 11.4 Å². The van der Waals surface area contributed by atoms with Gasteiger partial charge in [0, 0.05) is 19.6 Å². The molecule has 1 aromatic rings. The Hall–Kier alpha value is -1.86. The number of hydrazine groups is 1. The predicted molar refractivity (Wildman–Crippen MR) is 82.0 cm³/mol. The van der Waals surface area contributed by atoms with Crippen LogP contribution < -0.4 is 16.2 Å². The average molecular weight is 281 g/mol. The molecule has 0 bridgehead atoms. The van der Waals surface area contributed by atoms with Crippen molar-refractivity contribution in [3.63, 3.8) is 0 Å². The van der Waals surface area contributed by atoms with Crippen LogP contribution in [0.1, 0.15) is 13.3 Å². The van der Waals surface area contributed by atoms with Gasteiger partial charge in [-0.25, -0.2) is 0 Å². The van der Waals surface area contributed by atoms with Crippen molar-refractivity contribution in [2.75, 3.05) is 44.1 Å². The Labute approximate surface area is 119 Å². The van der Waals surface area contributed by atoms with Gasteiger partial charge in [0.1, 0.15) is 11.4 Å². The summed E-state index contributed by atoms with van der Waals surface area (Å²) in [5, 5.41) is 11.3. The quantitative estimate of drug-likeness (QED) is 0.428. The molecule has 0 saturated carbocycles. The number of rotatable bonds is 8. The van der Waals surface area contributed by atoms with Crippen LogP contribution in [0.2, 0.25) is 0 Å². The predicted octanol–water partition coefficient (Wildman–Crippen LogP) is 1.66. The van der Waals surface area contributed by atoms with Gasteiger partial charge in [-0.2, -0.15) is 0 Å². The van der Waals surface area contributed by atoms with E-state index < -0.39 is 0 Å². The zero-order chi connectivity index (χ0) is 15.1. The second kappa shape index (κ2) is 7.66. The Morgan fingerprint density at radius 3 is 2.50 bits per heavy atom. The van der Waals surface area contributed by atoms with Crippen molar-refractivity contribution in [2.24, 2.45) is 5.84 Å². The van der Waals surface area contributed by atoms with E-state index >= 15 is 0 Å². The van der Waals surface area contributed by atoms with Crippen LogP contribution >= 0.6 is 0 Å². The van der Waals surface area contributed by atoms with E-state index in [4.69, 9.17) is 5.84 Å². The summed E-state index contributed by atoms with van der Waals surface area (Å²) in [6, 6.07) is 5.15. The number of likely N-dealkylation sites (N-methyl/N-ethyl adjacent to an activating group) is 1. The van der Waals surface area contributed by atoms with E-state index in [1.165, 1.54) is 0 Å². The van der Waals surface area contributed by atoms with E-state index in [2.05, 4.69) is 17.2 Å². The first-order valence-corrected chi connectivity index (χ1v) is 6.65. The van der Waals surface area contributed by atoms with Crippen LogP contribution in [-0.4, -0.2) is 43.6 Å². The summed E-state index contributed by atoms with van der Waals surface area (Å²) in [5.74, 6) is 5.37. The summed E-state index contributed by atoms with van der Waals surface area (Å²) in [4.78, 5) is 15.0. The zero-order valence-corrected chi connectivity index (χ0v) is 12.3. The number of para-hydroxylation sites is 1. The number of benzene rings is 1. The van der Waals surface area contributed by atoms with Crippen LogP contribution in [0.25, 0.3) is 0 Å². The van der Waals surface area contributed by atoms with Gasteiger partial charge in [-0.3, -0.25) is 16.0 Å². The molecule has 1 aromatic carbocycles. The Balaban J connectivity index is 3.14. The van der Waals surface area contributed by atoms with Crippen LogP contribution in [0.5, 0.6) is 0 Å². The summed E-state index contributed by atoms with van der Waals surface area (Å²) in [5.41, 5.74) is 3.37. The first kappa shape index (κ1) is 16.2. The second-order valence-corrected chi connectivity index (χ2v) is 4.87. The molecule has 0 atom stereocenters. The number of nitro benzene ring substituents is 1. The molecule has 0 amide bonds. The largest absolute Gasteiger partial charge is 0.365 e. The van der Waals surface area contributed by atoms with Crippen LogP contribution in [0.3, 0.4) is 0 Å². The number of nitrogens with two attached hydrogens (primary N) is 1. The molecule has 0 saturated heterocycles. The minimum Gasteiger partial charge on any atom is -0.365 e. The molecule has 20 heavy (non-hydrogen) atoms. The molecular formula is C13H23N5O2. The topological polar surface area (TPSA) is 87.7 Å². The molecule has 0 fully saturated rings. The molecule has 0 aromatic heterocycles. The summed E-state index contributed by atoms with van der Waals surface area (Å²) in [7, 11) is 3.97. The smallest absolute Gasteiger partial charge is 0.316 e. The number of hydrogen-bond donors (Lipinski definition) is 2. The number of nitrogens with zero attached hydrogens (tertiary/aromatic N) is 3. The van der Waals surface area contributed by atoms with Crippen LogP contribution in [0, 0.1) is 10.1 Å². The maximum Gasteiger partial charge on any atom is 0.316 e. The molecule has 0 unspecified atom stereocenters. The number of nitrogen functional groups attached to an aromatic ring is 1. The van der Waals surface area contributed by atoms with Crippen molar-refractivity contribution in [2.45, 2.75) is 13.3 Å². The van der Waals surface area contributed by atoms with Crippen molar-refractivity contribution in [3.8, 4) is 0 Å². The van der Waals surface area contributed by atoms with Crippen molar-refractivity contribution < 1.29 is 4.92 Å². The number of nitro groups is 1. The van der Waals surface area contributed by atoms with Crippen LogP contribution in [0.15, 0.2) is 18.2 Å². The summed E-state index contributed by atoms with van der Waals surface area (Å²) in [6.45, 7) is 4.38. The zero-order valence-electron chi connectivity index (χ0n) is 12.3. The van der Waals surface area contributed by atoms with Gasteiger partial charge >= 0.3 is 5.69 Å². The van der Waals surface area contributed by atoms with E-state index in [9.17, 15) is 10.1 Å². The Bertz CT molecular complexity index is 450. The van der Waals surface area contributed by atoms with E-state index in [0.717, 1.165) is 26.1 Å². The normalized spacial score (nSPS) is 10.7. The fraction of sp³-hybridized carbons (Fsp3) is 0.538. The fourth-order valence-electron chi connectivity index (χ4n) is 2.04. The van der Waals surface area contributed by atoms with Crippen LogP contribution in [-0.2, 0) is 0 Å². The fourth-order valence-corrected chi connectivity index (χ4v) is 2.04. The first-order valence-electron chi connectivity index (χ1n) is 6.65. The lowest BCUT2D eigenvalue weighted by molar-refractivity contribution is -0.383. The summed E-state index contributed by atoms with van der Waals surface area (Å²) < 4.78 is 0. The molecule has 0 spiro atoms. The highest BCUT2D eigenvalue weighted by Crippen LogP contribution is 2.34. The lowest BCUT2D eigenvalue weighted by Gasteiger charge is -2.26. The van der Waals surface area contributed by atoms with Gasteiger partial charge in [0.05, 0.1) is 4.92 Å². The van der Waals surface area contributed by atoms with Crippen molar-refractivity contribution in [3.05, 3.63) is 28.3 Å². The standard InChI is InChI=1S/C13H23N5O2/c1-4-8-17(10-9-16(2)3)12-7-5-6-11(15-14)13(12)18(19)20/h5-7,15H,4,8-10,14H2,1-3H3. The third-order valence-corrected chi connectivity index (χ3v) is 3.00. The van der Waals surface area contributed by atoms with E-state index in [1.54, 1.807) is 18.2 Å². The van der Waals surface area contributed by atoms with Gasteiger partial charge in [0.2, 0.25) is 0 Å². The lowest BCUT2D eigenvalue weighted by Crippen LogP contribution is -2.33. The minimum atomic E-state index is -0.386. The Morgan fingerprint density at radius 2 is 2.00 bits per heavy atom. The molecule has 0 radical (unpaired) electrons. The van der Waals surface area contributed by atoms with E-state index in [1.807, 2.05) is 19.0 Å². The first-order chi connectivity index (χ1) is 9.51. The maximum atomic E-state index is 11.3. The molecule has 0 aliphatic carbocycles. The third-order valence-electron chi connectivity index (χ3n) is 3.00. The second-order valence-electron chi connectivity index (χ2n) is 4.87. The van der Waals surface area contributed by atoms with Gasteiger partial charge in [0.15, 0.2) is 0 Å². The minimum absolute atomic E-state index is 0.0298. The molecule has 3 N–H and O–H groups in total.